The third kappa shape index (κ3) is 4.92. The van der Waals surface area contributed by atoms with Crippen molar-refractivity contribution in [2.75, 3.05) is 0 Å². The van der Waals surface area contributed by atoms with Gasteiger partial charge in [-0.3, -0.25) is 14.9 Å². The number of aryl methyl sites for hydroxylation is 1. The van der Waals surface area contributed by atoms with Crippen LogP contribution in [0.15, 0.2) is 68.6 Å². The summed E-state index contributed by atoms with van der Waals surface area (Å²) < 4.78 is 6.64. The number of nitrogens with zero attached hydrogens (tertiary/aromatic N) is 2. The first-order chi connectivity index (χ1) is 13.4. The lowest BCUT2D eigenvalue weighted by atomic mass is 10.1. The molecule has 0 fully saturated rings. The molecule has 28 heavy (non-hydrogen) atoms. The lowest BCUT2D eigenvalue weighted by Crippen LogP contribution is -2.19. The molecule has 1 N–H and O–H groups in total. The molecular formula is C20H16BrN3O4. The maximum Gasteiger partial charge on any atom is 0.269 e. The second-order valence-electron chi connectivity index (χ2n) is 6.05. The zero-order valence-electron chi connectivity index (χ0n) is 14.9. The van der Waals surface area contributed by atoms with Crippen LogP contribution in [0.5, 0.6) is 0 Å². The predicted octanol–water partition coefficient (Wildman–Crippen LogP) is 4.62. The van der Waals surface area contributed by atoms with Gasteiger partial charge in [-0.15, -0.1) is 0 Å². The van der Waals surface area contributed by atoms with E-state index < -0.39 is 4.92 Å². The summed E-state index contributed by atoms with van der Waals surface area (Å²) in [5.41, 5.74) is 4.85. The lowest BCUT2D eigenvalue weighted by Gasteiger charge is -2.02. The Bertz CT molecular complexity index is 1040. The van der Waals surface area contributed by atoms with E-state index in [0.29, 0.717) is 11.5 Å². The van der Waals surface area contributed by atoms with Crippen molar-refractivity contribution in [2.24, 2.45) is 5.10 Å². The number of hydrazone groups is 1. The van der Waals surface area contributed by atoms with Gasteiger partial charge in [-0.05, 0) is 48.4 Å². The second kappa shape index (κ2) is 8.62. The Labute approximate surface area is 169 Å². The summed E-state index contributed by atoms with van der Waals surface area (Å²) in [6.07, 6.45) is 1.62. The van der Waals surface area contributed by atoms with Crippen molar-refractivity contribution in [1.29, 1.82) is 0 Å². The van der Waals surface area contributed by atoms with Gasteiger partial charge in [0.2, 0.25) is 5.91 Å². The Morgan fingerprint density at radius 1 is 1.21 bits per heavy atom. The van der Waals surface area contributed by atoms with Gasteiger partial charge in [-0.25, -0.2) is 5.43 Å². The topological polar surface area (TPSA) is 97.7 Å². The van der Waals surface area contributed by atoms with Gasteiger partial charge in [0.25, 0.3) is 5.69 Å². The Morgan fingerprint density at radius 3 is 2.64 bits per heavy atom. The van der Waals surface area contributed by atoms with E-state index in [9.17, 15) is 14.9 Å². The van der Waals surface area contributed by atoms with Gasteiger partial charge in [0, 0.05) is 22.2 Å². The van der Waals surface area contributed by atoms with Crippen molar-refractivity contribution in [3.63, 3.8) is 0 Å². The van der Waals surface area contributed by atoms with Crippen LogP contribution in [0.3, 0.4) is 0 Å². The van der Waals surface area contributed by atoms with Crippen LogP contribution in [0.2, 0.25) is 0 Å². The fourth-order valence-corrected chi connectivity index (χ4v) is 2.86. The van der Waals surface area contributed by atoms with Gasteiger partial charge >= 0.3 is 0 Å². The quantitative estimate of drug-likeness (QED) is 0.342. The minimum Gasteiger partial charge on any atom is -0.455 e. The molecule has 0 aliphatic carbocycles. The molecule has 142 valence electrons. The van der Waals surface area contributed by atoms with E-state index in [0.717, 1.165) is 21.2 Å². The normalized spacial score (nSPS) is 10.9. The zero-order valence-corrected chi connectivity index (χ0v) is 16.5. The molecule has 1 aromatic heterocycles. The van der Waals surface area contributed by atoms with E-state index in [1.807, 2.05) is 24.3 Å². The number of non-ortho nitro benzene ring substituents is 1. The summed E-state index contributed by atoms with van der Waals surface area (Å²) in [7, 11) is 0. The van der Waals surface area contributed by atoms with E-state index in [1.165, 1.54) is 18.3 Å². The number of hydrogen-bond donors (Lipinski definition) is 1. The van der Waals surface area contributed by atoms with Crippen molar-refractivity contribution < 1.29 is 14.1 Å². The first-order valence-corrected chi connectivity index (χ1v) is 9.13. The third-order valence-corrected chi connectivity index (χ3v) is 4.50. The van der Waals surface area contributed by atoms with Gasteiger partial charge in [0.15, 0.2) is 0 Å². The van der Waals surface area contributed by atoms with Crippen LogP contribution < -0.4 is 5.43 Å². The molecule has 2 aromatic carbocycles. The molecule has 0 atom stereocenters. The predicted molar refractivity (Wildman–Crippen MR) is 109 cm³/mol. The molecule has 3 rings (SSSR count). The van der Waals surface area contributed by atoms with Gasteiger partial charge < -0.3 is 4.42 Å². The molecule has 1 amide bonds. The van der Waals surface area contributed by atoms with E-state index in [4.69, 9.17) is 4.42 Å². The first kappa shape index (κ1) is 19.5. The minimum absolute atomic E-state index is 0.0306. The highest BCUT2D eigenvalue weighted by Gasteiger charge is 2.12. The van der Waals surface area contributed by atoms with Crippen LogP contribution in [0.1, 0.15) is 16.9 Å². The molecule has 0 saturated carbocycles. The minimum atomic E-state index is -0.437. The zero-order chi connectivity index (χ0) is 20.1. The molecule has 0 bridgehead atoms. The Morgan fingerprint density at radius 2 is 1.96 bits per heavy atom. The van der Waals surface area contributed by atoms with Gasteiger partial charge in [-0.2, -0.15) is 5.10 Å². The van der Waals surface area contributed by atoms with E-state index >= 15 is 0 Å². The van der Waals surface area contributed by atoms with Gasteiger partial charge in [0.1, 0.15) is 11.5 Å². The molecule has 8 heteroatoms. The molecule has 0 aliphatic rings. The third-order valence-electron chi connectivity index (χ3n) is 3.97. The number of halogens is 1. The fourth-order valence-electron chi connectivity index (χ4n) is 2.60. The highest BCUT2D eigenvalue weighted by Crippen LogP contribution is 2.28. The molecule has 0 unspecified atom stereocenters. The molecule has 0 radical (unpaired) electrons. The number of rotatable bonds is 6. The molecule has 3 aromatic rings. The molecule has 0 spiro atoms. The fraction of sp³-hybridized carbons (Fsp3) is 0.100. The van der Waals surface area contributed by atoms with Crippen molar-refractivity contribution >= 4 is 33.7 Å². The molecule has 1 heterocycles. The largest absolute Gasteiger partial charge is 0.455 e. The molecular weight excluding hydrogens is 426 g/mol. The number of benzene rings is 2. The number of nitro benzene ring substituents is 1. The molecule has 0 saturated heterocycles. The average Bonchev–Trinajstić information content (AvgIpc) is 3.12. The number of hydrogen-bond acceptors (Lipinski definition) is 5. The number of carbonyl (C=O) groups is 1. The lowest BCUT2D eigenvalue weighted by molar-refractivity contribution is -0.384. The SMILES string of the molecule is Cc1cc([N+](=O)[O-])ccc1-c1ccc(/C=N/NC(=O)Cc2ccc(Br)cc2)o1. The number of furan rings is 1. The monoisotopic (exact) mass is 441 g/mol. The molecule has 7 nitrogen and oxygen atoms in total. The van der Waals surface area contributed by atoms with Crippen LogP contribution >= 0.6 is 15.9 Å². The van der Waals surface area contributed by atoms with Crippen molar-refractivity contribution in [3.8, 4) is 11.3 Å². The van der Waals surface area contributed by atoms with E-state index in [1.54, 1.807) is 25.1 Å². The van der Waals surface area contributed by atoms with Crippen LogP contribution in [0, 0.1) is 17.0 Å². The van der Waals surface area contributed by atoms with Crippen molar-refractivity contribution in [3.05, 3.63) is 86.1 Å². The number of carbonyl (C=O) groups excluding carboxylic acids is 1. The second-order valence-corrected chi connectivity index (χ2v) is 6.97. The summed E-state index contributed by atoms with van der Waals surface area (Å²) in [6.45, 7) is 1.78. The summed E-state index contributed by atoms with van der Waals surface area (Å²) >= 11 is 3.35. The smallest absolute Gasteiger partial charge is 0.269 e. The van der Waals surface area contributed by atoms with Crippen LogP contribution in [-0.4, -0.2) is 17.0 Å². The van der Waals surface area contributed by atoms with E-state index in [-0.39, 0.29) is 18.0 Å². The Hall–Kier alpha value is -3.26. The van der Waals surface area contributed by atoms with Crippen LogP contribution in [-0.2, 0) is 11.2 Å². The molecule has 0 aliphatic heterocycles. The van der Waals surface area contributed by atoms with E-state index in [2.05, 4.69) is 26.5 Å². The van der Waals surface area contributed by atoms with Crippen LogP contribution in [0.25, 0.3) is 11.3 Å². The van der Waals surface area contributed by atoms with Gasteiger partial charge in [0.05, 0.1) is 17.6 Å². The summed E-state index contributed by atoms with van der Waals surface area (Å²) in [4.78, 5) is 22.3. The highest BCUT2D eigenvalue weighted by molar-refractivity contribution is 9.10. The maximum absolute atomic E-state index is 11.9. The number of nitro groups is 1. The summed E-state index contributed by atoms with van der Waals surface area (Å²) in [5.74, 6) is 0.781. The van der Waals surface area contributed by atoms with Crippen molar-refractivity contribution in [1.82, 2.24) is 5.43 Å². The highest BCUT2D eigenvalue weighted by atomic mass is 79.9. The van der Waals surface area contributed by atoms with Crippen LogP contribution in [0.4, 0.5) is 5.69 Å². The summed E-state index contributed by atoms with van der Waals surface area (Å²) in [5, 5.41) is 14.7. The maximum atomic E-state index is 11.9. The van der Waals surface area contributed by atoms with Gasteiger partial charge in [-0.1, -0.05) is 28.1 Å². The Balaban J connectivity index is 1.62. The number of nitrogens with one attached hydrogen (secondary N) is 1. The number of amides is 1. The standard InChI is InChI=1S/C20H16BrN3O4/c1-13-10-16(24(26)27)6-8-18(13)19-9-7-17(28-19)12-22-23-20(25)11-14-2-4-15(21)5-3-14/h2-10,12H,11H2,1H3,(H,23,25)/b22-12+. The summed E-state index contributed by atoms with van der Waals surface area (Å²) in [6, 6.07) is 15.5. The average molecular weight is 442 g/mol. The Kier molecular flexibility index (Phi) is 6.00. The van der Waals surface area contributed by atoms with Crippen molar-refractivity contribution in [2.45, 2.75) is 13.3 Å². The first-order valence-electron chi connectivity index (χ1n) is 8.34.